The van der Waals surface area contributed by atoms with Gasteiger partial charge in [-0.25, -0.2) is 0 Å². The van der Waals surface area contributed by atoms with Crippen LogP contribution in [0.1, 0.15) is 25.3 Å². The highest BCUT2D eigenvalue weighted by Gasteiger charge is 1.99. The molecular formula is C11H13ClO. The number of hydrogen-bond acceptors (Lipinski definition) is 1. The van der Waals surface area contributed by atoms with E-state index in [1.54, 1.807) is 0 Å². The van der Waals surface area contributed by atoms with Crippen LogP contribution in [0.15, 0.2) is 24.3 Å². The first kappa shape index (κ1) is 10.3. The van der Waals surface area contributed by atoms with Gasteiger partial charge in [0, 0.05) is 17.9 Å². The Kier molecular flexibility index (Phi) is 3.97. The van der Waals surface area contributed by atoms with Crippen molar-refractivity contribution in [3.05, 3.63) is 34.9 Å². The van der Waals surface area contributed by atoms with Crippen LogP contribution in [-0.4, -0.2) is 5.78 Å². The molecule has 0 N–H and O–H groups in total. The number of rotatable bonds is 4. The number of ketones is 1. The van der Waals surface area contributed by atoms with E-state index in [-0.39, 0.29) is 0 Å². The van der Waals surface area contributed by atoms with E-state index < -0.39 is 0 Å². The molecular weight excluding hydrogens is 184 g/mol. The highest BCUT2D eigenvalue weighted by Crippen LogP contribution is 2.11. The normalized spacial score (nSPS) is 10.0. The number of hydrogen-bond donors (Lipinski definition) is 0. The van der Waals surface area contributed by atoms with Gasteiger partial charge in [-0.05, 0) is 24.1 Å². The predicted octanol–water partition coefficient (Wildman–Crippen LogP) is 3.25. The molecule has 2 heteroatoms. The second kappa shape index (κ2) is 5.03. The van der Waals surface area contributed by atoms with Gasteiger partial charge < -0.3 is 0 Å². The van der Waals surface area contributed by atoms with Gasteiger partial charge >= 0.3 is 0 Å². The van der Waals surface area contributed by atoms with E-state index in [1.807, 2.05) is 31.2 Å². The lowest BCUT2D eigenvalue weighted by Crippen LogP contribution is -1.97. The lowest BCUT2D eigenvalue weighted by molar-refractivity contribution is -0.118. The number of aryl methyl sites for hydroxylation is 1. The average molecular weight is 197 g/mol. The van der Waals surface area contributed by atoms with Crippen LogP contribution in [0.3, 0.4) is 0 Å². The largest absolute Gasteiger partial charge is 0.300 e. The van der Waals surface area contributed by atoms with Crippen molar-refractivity contribution < 1.29 is 4.79 Å². The second-order valence-electron chi connectivity index (χ2n) is 3.02. The minimum Gasteiger partial charge on any atom is -0.300 e. The molecule has 0 aliphatic rings. The van der Waals surface area contributed by atoms with Crippen LogP contribution in [-0.2, 0) is 11.2 Å². The molecule has 0 unspecified atom stereocenters. The number of carbonyl (C=O) groups excluding carboxylic acids is 1. The van der Waals surface area contributed by atoms with Gasteiger partial charge in [-0.15, -0.1) is 0 Å². The number of carbonyl (C=O) groups is 1. The maximum absolute atomic E-state index is 11.0. The molecule has 0 aliphatic heterocycles. The van der Waals surface area contributed by atoms with Gasteiger partial charge in [0.15, 0.2) is 0 Å². The van der Waals surface area contributed by atoms with E-state index in [9.17, 15) is 4.79 Å². The van der Waals surface area contributed by atoms with Crippen LogP contribution in [0, 0.1) is 0 Å². The summed E-state index contributed by atoms with van der Waals surface area (Å²) in [5.41, 5.74) is 1.17. The summed E-state index contributed by atoms with van der Waals surface area (Å²) in [5, 5.41) is 0.741. The van der Waals surface area contributed by atoms with E-state index in [0.29, 0.717) is 18.6 Å². The van der Waals surface area contributed by atoms with Crippen molar-refractivity contribution in [2.75, 3.05) is 0 Å². The van der Waals surface area contributed by atoms with E-state index in [0.717, 1.165) is 11.4 Å². The third kappa shape index (κ3) is 3.60. The average Bonchev–Trinajstić information content (AvgIpc) is 2.16. The summed E-state index contributed by atoms with van der Waals surface area (Å²) < 4.78 is 0. The summed E-state index contributed by atoms with van der Waals surface area (Å²) in [6.45, 7) is 1.89. The number of benzene rings is 1. The van der Waals surface area contributed by atoms with Crippen LogP contribution in [0.2, 0.25) is 5.02 Å². The molecule has 0 radical (unpaired) electrons. The zero-order valence-electron chi connectivity index (χ0n) is 7.72. The fourth-order valence-electron chi connectivity index (χ4n) is 1.11. The fraction of sp³-hybridized carbons (Fsp3) is 0.364. The standard InChI is InChI=1S/C11H13ClO/c1-2-11(13)8-5-9-3-6-10(12)7-4-9/h3-4,6-7H,2,5,8H2,1H3. The third-order valence-electron chi connectivity index (χ3n) is 2.00. The number of Topliss-reactive ketones (excluding diaryl/α,β-unsaturated/α-hetero) is 1. The molecule has 1 aromatic rings. The van der Waals surface area contributed by atoms with Crippen LogP contribution in [0.4, 0.5) is 0 Å². The summed E-state index contributed by atoms with van der Waals surface area (Å²) in [6.07, 6.45) is 2.09. The summed E-state index contributed by atoms with van der Waals surface area (Å²) >= 11 is 5.73. The van der Waals surface area contributed by atoms with Gasteiger partial charge in [0.05, 0.1) is 0 Å². The summed E-state index contributed by atoms with van der Waals surface area (Å²) in [4.78, 5) is 11.0. The Hall–Kier alpha value is -0.820. The maximum atomic E-state index is 11.0. The summed E-state index contributed by atoms with van der Waals surface area (Å²) in [7, 11) is 0. The zero-order chi connectivity index (χ0) is 9.68. The first-order valence-electron chi connectivity index (χ1n) is 4.48. The third-order valence-corrected chi connectivity index (χ3v) is 2.25. The van der Waals surface area contributed by atoms with Gasteiger partial charge in [0.25, 0.3) is 0 Å². The highest BCUT2D eigenvalue weighted by molar-refractivity contribution is 6.30. The van der Waals surface area contributed by atoms with E-state index in [2.05, 4.69) is 0 Å². The molecule has 0 aromatic heterocycles. The maximum Gasteiger partial charge on any atom is 0.132 e. The van der Waals surface area contributed by atoms with Crippen LogP contribution < -0.4 is 0 Å². The molecule has 1 aromatic carbocycles. The van der Waals surface area contributed by atoms with Gasteiger partial charge in [-0.1, -0.05) is 30.7 Å². The van der Waals surface area contributed by atoms with E-state index in [4.69, 9.17) is 11.6 Å². The monoisotopic (exact) mass is 196 g/mol. The van der Waals surface area contributed by atoms with Gasteiger partial charge in [0.1, 0.15) is 5.78 Å². The Morgan fingerprint density at radius 2 is 1.92 bits per heavy atom. The van der Waals surface area contributed by atoms with Crippen molar-refractivity contribution in [2.45, 2.75) is 26.2 Å². The number of halogens is 1. The van der Waals surface area contributed by atoms with Crippen molar-refractivity contribution in [1.29, 1.82) is 0 Å². The van der Waals surface area contributed by atoms with Crippen molar-refractivity contribution in [1.82, 2.24) is 0 Å². The Morgan fingerprint density at radius 1 is 1.31 bits per heavy atom. The molecule has 1 rings (SSSR count). The smallest absolute Gasteiger partial charge is 0.132 e. The van der Waals surface area contributed by atoms with Crippen molar-refractivity contribution in [2.24, 2.45) is 0 Å². The topological polar surface area (TPSA) is 17.1 Å². The minimum absolute atomic E-state index is 0.315. The molecule has 0 saturated carbocycles. The molecule has 0 atom stereocenters. The Labute approximate surface area is 83.7 Å². The van der Waals surface area contributed by atoms with E-state index >= 15 is 0 Å². The molecule has 0 heterocycles. The highest BCUT2D eigenvalue weighted by atomic mass is 35.5. The van der Waals surface area contributed by atoms with Gasteiger partial charge in [-0.2, -0.15) is 0 Å². The molecule has 13 heavy (non-hydrogen) atoms. The molecule has 1 nitrogen and oxygen atoms in total. The fourth-order valence-corrected chi connectivity index (χ4v) is 1.24. The molecule has 0 bridgehead atoms. The van der Waals surface area contributed by atoms with Crippen molar-refractivity contribution in [3.8, 4) is 0 Å². The second-order valence-corrected chi connectivity index (χ2v) is 3.46. The van der Waals surface area contributed by atoms with E-state index in [1.165, 1.54) is 5.56 Å². The Morgan fingerprint density at radius 3 is 2.46 bits per heavy atom. The first-order chi connectivity index (χ1) is 6.22. The van der Waals surface area contributed by atoms with Gasteiger partial charge in [0.2, 0.25) is 0 Å². The molecule has 70 valence electrons. The van der Waals surface area contributed by atoms with Crippen molar-refractivity contribution >= 4 is 17.4 Å². The zero-order valence-corrected chi connectivity index (χ0v) is 8.47. The summed E-state index contributed by atoms with van der Waals surface area (Å²) in [5.74, 6) is 0.315. The van der Waals surface area contributed by atoms with Gasteiger partial charge in [-0.3, -0.25) is 4.79 Å². The lowest BCUT2D eigenvalue weighted by Gasteiger charge is -1.99. The van der Waals surface area contributed by atoms with Crippen LogP contribution >= 0.6 is 11.6 Å². The summed E-state index contributed by atoms with van der Waals surface area (Å²) in [6, 6.07) is 7.64. The Balaban J connectivity index is 2.46. The molecule has 0 amide bonds. The molecule has 0 aliphatic carbocycles. The molecule has 0 spiro atoms. The van der Waals surface area contributed by atoms with Crippen LogP contribution in [0.25, 0.3) is 0 Å². The Bertz CT molecular complexity index is 277. The minimum atomic E-state index is 0.315. The first-order valence-corrected chi connectivity index (χ1v) is 4.86. The predicted molar refractivity (Wildman–Crippen MR) is 55.1 cm³/mol. The van der Waals surface area contributed by atoms with Crippen molar-refractivity contribution in [3.63, 3.8) is 0 Å². The molecule has 0 saturated heterocycles. The SMILES string of the molecule is CCC(=O)CCc1ccc(Cl)cc1. The molecule has 0 fully saturated rings. The van der Waals surface area contributed by atoms with Crippen LogP contribution in [0.5, 0.6) is 0 Å². The quantitative estimate of drug-likeness (QED) is 0.723. The lowest BCUT2D eigenvalue weighted by atomic mass is 10.1.